The van der Waals surface area contributed by atoms with Crippen LogP contribution in [0.25, 0.3) is 0 Å². The Labute approximate surface area is 164 Å². The van der Waals surface area contributed by atoms with E-state index in [9.17, 15) is 9.59 Å². The summed E-state index contributed by atoms with van der Waals surface area (Å²) in [4.78, 5) is 27.2. The fourth-order valence-corrected chi connectivity index (χ4v) is 3.82. The van der Waals surface area contributed by atoms with E-state index in [1.807, 2.05) is 36.1 Å². The van der Waals surface area contributed by atoms with Crippen LogP contribution in [0.15, 0.2) is 24.3 Å². The molecule has 0 N–H and O–H groups in total. The number of hydrogen-bond acceptors (Lipinski definition) is 3. The van der Waals surface area contributed by atoms with E-state index in [0.717, 1.165) is 25.7 Å². The molecule has 4 nitrogen and oxygen atoms in total. The zero-order valence-electron chi connectivity index (χ0n) is 17.6. The fraction of sp³-hybridized carbons (Fsp3) is 0.652. The summed E-state index contributed by atoms with van der Waals surface area (Å²) < 4.78 is 4.89. The predicted molar refractivity (Wildman–Crippen MR) is 109 cm³/mol. The Morgan fingerprint density at radius 2 is 1.63 bits per heavy atom. The number of esters is 1. The first kappa shape index (κ1) is 21.5. The molecule has 27 heavy (non-hydrogen) atoms. The van der Waals surface area contributed by atoms with Crippen LogP contribution in [0, 0.1) is 5.92 Å². The second kappa shape index (κ2) is 9.38. The molecule has 1 amide bonds. The summed E-state index contributed by atoms with van der Waals surface area (Å²) in [7, 11) is 1.40. The number of carbonyl (C=O) groups is 2. The van der Waals surface area contributed by atoms with Gasteiger partial charge in [-0.3, -0.25) is 9.59 Å². The van der Waals surface area contributed by atoms with Crippen molar-refractivity contribution >= 4 is 11.9 Å². The van der Waals surface area contributed by atoms with E-state index in [2.05, 4.69) is 20.8 Å². The maximum atomic E-state index is 13.3. The van der Waals surface area contributed by atoms with Gasteiger partial charge in [-0.05, 0) is 36.0 Å². The van der Waals surface area contributed by atoms with Crippen LogP contribution in [0.5, 0.6) is 0 Å². The van der Waals surface area contributed by atoms with Gasteiger partial charge in [0.2, 0.25) is 0 Å². The first-order valence-corrected chi connectivity index (χ1v) is 10.2. The van der Waals surface area contributed by atoms with Crippen molar-refractivity contribution < 1.29 is 14.3 Å². The number of ether oxygens (including phenoxy) is 1. The summed E-state index contributed by atoms with van der Waals surface area (Å²) in [6.07, 6.45) is 6.77. The van der Waals surface area contributed by atoms with Gasteiger partial charge in [0.15, 0.2) is 0 Å². The number of amides is 1. The molecular weight excluding hydrogens is 338 g/mol. The topological polar surface area (TPSA) is 46.6 Å². The van der Waals surface area contributed by atoms with Gasteiger partial charge < -0.3 is 9.64 Å². The molecule has 1 atom stereocenters. The predicted octanol–water partition coefficient (Wildman–Crippen LogP) is 4.96. The largest absolute Gasteiger partial charge is 0.469 e. The van der Waals surface area contributed by atoms with E-state index >= 15 is 0 Å². The lowest BCUT2D eigenvalue weighted by molar-refractivity contribution is -0.145. The third-order valence-corrected chi connectivity index (χ3v) is 5.60. The summed E-state index contributed by atoms with van der Waals surface area (Å²) in [5.41, 5.74) is 1.97. The SMILES string of the molecule is COC(=O)C(C)CN(C(=O)c1ccc(C(C)(C)C)cc1)C1CCCCCC1. The Balaban J connectivity index is 2.24. The first-order chi connectivity index (χ1) is 12.7. The highest BCUT2D eigenvalue weighted by atomic mass is 16.5. The van der Waals surface area contributed by atoms with Gasteiger partial charge in [-0.25, -0.2) is 0 Å². The first-order valence-electron chi connectivity index (χ1n) is 10.2. The van der Waals surface area contributed by atoms with Gasteiger partial charge in [0.25, 0.3) is 5.91 Å². The summed E-state index contributed by atoms with van der Waals surface area (Å²) in [6, 6.07) is 8.14. The van der Waals surface area contributed by atoms with Crippen LogP contribution < -0.4 is 0 Å². The average molecular weight is 374 g/mol. The highest BCUT2D eigenvalue weighted by Crippen LogP contribution is 2.26. The highest BCUT2D eigenvalue weighted by molar-refractivity contribution is 5.94. The van der Waals surface area contributed by atoms with E-state index in [0.29, 0.717) is 12.1 Å². The van der Waals surface area contributed by atoms with E-state index in [4.69, 9.17) is 4.74 Å². The Hall–Kier alpha value is -1.84. The summed E-state index contributed by atoms with van der Waals surface area (Å²) in [5.74, 6) is -0.557. The van der Waals surface area contributed by atoms with Crippen molar-refractivity contribution in [3.8, 4) is 0 Å². The fourth-order valence-electron chi connectivity index (χ4n) is 3.82. The Kier molecular flexibility index (Phi) is 7.46. The van der Waals surface area contributed by atoms with Gasteiger partial charge in [-0.1, -0.05) is 65.5 Å². The normalized spacial score (nSPS) is 17.1. The molecule has 1 saturated carbocycles. The van der Waals surface area contributed by atoms with E-state index in [1.165, 1.54) is 25.5 Å². The molecule has 150 valence electrons. The molecule has 1 unspecified atom stereocenters. The van der Waals surface area contributed by atoms with Gasteiger partial charge >= 0.3 is 5.97 Å². The minimum absolute atomic E-state index is 0.0260. The second-order valence-corrected chi connectivity index (χ2v) is 8.85. The van der Waals surface area contributed by atoms with Crippen molar-refractivity contribution in [2.24, 2.45) is 5.92 Å². The molecule has 0 saturated heterocycles. The van der Waals surface area contributed by atoms with Crippen molar-refractivity contribution in [2.45, 2.75) is 77.7 Å². The third kappa shape index (κ3) is 5.82. The lowest BCUT2D eigenvalue weighted by atomic mass is 9.86. The van der Waals surface area contributed by atoms with Gasteiger partial charge in [-0.2, -0.15) is 0 Å². The highest BCUT2D eigenvalue weighted by Gasteiger charge is 2.29. The number of methoxy groups -OCH3 is 1. The summed E-state index contributed by atoms with van der Waals surface area (Å²) >= 11 is 0. The van der Waals surface area contributed by atoms with Crippen molar-refractivity contribution in [2.75, 3.05) is 13.7 Å². The lowest BCUT2D eigenvalue weighted by Gasteiger charge is -2.33. The number of nitrogens with zero attached hydrogens (tertiary/aromatic N) is 1. The van der Waals surface area contributed by atoms with E-state index in [1.54, 1.807) is 0 Å². The second-order valence-electron chi connectivity index (χ2n) is 8.85. The molecule has 4 heteroatoms. The van der Waals surface area contributed by atoms with Crippen LogP contribution in [0.2, 0.25) is 0 Å². The van der Waals surface area contributed by atoms with Crippen molar-refractivity contribution in [1.82, 2.24) is 4.90 Å². The molecule has 0 spiro atoms. The van der Waals surface area contributed by atoms with Crippen LogP contribution in [0.3, 0.4) is 0 Å². The van der Waals surface area contributed by atoms with Crippen LogP contribution in [-0.4, -0.2) is 36.5 Å². The number of benzene rings is 1. The molecule has 1 aliphatic carbocycles. The van der Waals surface area contributed by atoms with Crippen LogP contribution in [0.4, 0.5) is 0 Å². The van der Waals surface area contributed by atoms with Crippen molar-refractivity contribution in [3.05, 3.63) is 35.4 Å². The number of hydrogen-bond donors (Lipinski definition) is 0. The molecule has 1 aromatic carbocycles. The summed E-state index contributed by atoms with van der Waals surface area (Å²) in [6.45, 7) is 8.75. The molecule has 0 aromatic heterocycles. The molecule has 0 heterocycles. The smallest absolute Gasteiger partial charge is 0.310 e. The monoisotopic (exact) mass is 373 g/mol. The molecule has 0 bridgehead atoms. The maximum absolute atomic E-state index is 13.3. The third-order valence-electron chi connectivity index (χ3n) is 5.60. The van der Waals surface area contributed by atoms with Crippen LogP contribution in [0.1, 0.15) is 82.1 Å². The molecule has 2 rings (SSSR count). The van der Waals surface area contributed by atoms with Gasteiger partial charge in [0, 0.05) is 18.2 Å². The number of carbonyl (C=O) groups excluding carboxylic acids is 2. The Bertz CT molecular complexity index is 622. The molecule has 1 fully saturated rings. The quantitative estimate of drug-likeness (QED) is 0.541. The van der Waals surface area contributed by atoms with Crippen molar-refractivity contribution in [3.63, 3.8) is 0 Å². The van der Waals surface area contributed by atoms with Crippen LogP contribution in [-0.2, 0) is 14.9 Å². The van der Waals surface area contributed by atoms with E-state index < -0.39 is 0 Å². The molecule has 1 aromatic rings. The van der Waals surface area contributed by atoms with Gasteiger partial charge in [0.1, 0.15) is 0 Å². The summed E-state index contributed by atoms with van der Waals surface area (Å²) in [5, 5.41) is 0. The van der Waals surface area contributed by atoms with Gasteiger partial charge in [-0.15, -0.1) is 0 Å². The lowest BCUT2D eigenvalue weighted by Crippen LogP contribution is -2.44. The van der Waals surface area contributed by atoms with E-state index in [-0.39, 0.29) is 29.3 Å². The maximum Gasteiger partial charge on any atom is 0.310 e. The molecular formula is C23H35NO3. The standard InChI is InChI=1S/C23H35NO3/c1-17(22(26)27-5)16-24(20-10-8-6-7-9-11-20)21(25)18-12-14-19(15-13-18)23(2,3)4/h12-15,17,20H,6-11,16H2,1-5H3. The van der Waals surface area contributed by atoms with Crippen molar-refractivity contribution in [1.29, 1.82) is 0 Å². The van der Waals surface area contributed by atoms with Crippen LogP contribution >= 0.6 is 0 Å². The Morgan fingerprint density at radius 1 is 1.07 bits per heavy atom. The number of rotatable bonds is 5. The Morgan fingerprint density at radius 3 is 2.11 bits per heavy atom. The molecule has 0 radical (unpaired) electrons. The molecule has 1 aliphatic rings. The minimum Gasteiger partial charge on any atom is -0.469 e. The van der Waals surface area contributed by atoms with Gasteiger partial charge in [0.05, 0.1) is 13.0 Å². The average Bonchev–Trinajstić information content (AvgIpc) is 2.93. The zero-order valence-corrected chi connectivity index (χ0v) is 17.6. The zero-order chi connectivity index (χ0) is 20.0. The minimum atomic E-state index is -0.323. The molecule has 0 aliphatic heterocycles.